The predicted octanol–water partition coefficient (Wildman–Crippen LogP) is 4.75. The second-order valence-corrected chi connectivity index (χ2v) is 5.57. The number of piperidine rings is 1. The first-order valence-electron chi connectivity index (χ1n) is 7.02. The minimum atomic E-state index is -0.381. The van der Waals surface area contributed by atoms with Gasteiger partial charge in [-0.15, -0.1) is 26.3 Å². The molecule has 0 amide bonds. The van der Waals surface area contributed by atoms with Crippen LogP contribution in [0.2, 0.25) is 0 Å². The SMILES string of the molecule is C=CCC1(CC=C)CCCC(CC=C)(CC=C)N1[O-]. The monoisotopic (exact) mass is 260 g/mol. The lowest BCUT2D eigenvalue weighted by atomic mass is 9.72. The van der Waals surface area contributed by atoms with Gasteiger partial charge in [0, 0.05) is 11.1 Å². The van der Waals surface area contributed by atoms with E-state index in [0.29, 0.717) is 25.7 Å². The van der Waals surface area contributed by atoms with Gasteiger partial charge in [-0.1, -0.05) is 24.3 Å². The van der Waals surface area contributed by atoms with Crippen molar-refractivity contribution in [3.8, 4) is 0 Å². The lowest BCUT2D eigenvalue weighted by Gasteiger charge is -2.62. The van der Waals surface area contributed by atoms with E-state index < -0.39 is 0 Å². The number of hydroxylamine groups is 2. The highest BCUT2D eigenvalue weighted by Crippen LogP contribution is 2.46. The third-order valence-corrected chi connectivity index (χ3v) is 4.24. The summed E-state index contributed by atoms with van der Waals surface area (Å²) in [5.74, 6) is 0. The van der Waals surface area contributed by atoms with Gasteiger partial charge >= 0.3 is 0 Å². The molecular weight excluding hydrogens is 234 g/mol. The topological polar surface area (TPSA) is 26.3 Å². The molecule has 19 heavy (non-hydrogen) atoms. The highest BCUT2D eigenvalue weighted by Gasteiger charge is 2.43. The van der Waals surface area contributed by atoms with Crippen molar-refractivity contribution < 1.29 is 0 Å². The molecule has 1 saturated heterocycles. The Morgan fingerprint density at radius 1 is 0.789 bits per heavy atom. The van der Waals surface area contributed by atoms with Gasteiger partial charge < -0.3 is 10.3 Å². The number of rotatable bonds is 8. The van der Waals surface area contributed by atoms with E-state index in [1.54, 1.807) is 0 Å². The maximum absolute atomic E-state index is 13.1. The Balaban J connectivity index is 3.13. The summed E-state index contributed by atoms with van der Waals surface area (Å²) in [5, 5.41) is 14.4. The smallest absolute Gasteiger partial charge is 0.0164 e. The summed E-state index contributed by atoms with van der Waals surface area (Å²) in [5.41, 5.74) is -0.762. The fraction of sp³-hybridized carbons (Fsp3) is 0.529. The molecule has 0 unspecified atom stereocenters. The van der Waals surface area contributed by atoms with Crippen LogP contribution < -0.4 is 0 Å². The van der Waals surface area contributed by atoms with Crippen molar-refractivity contribution in [3.05, 3.63) is 55.8 Å². The number of hydrogen-bond acceptors (Lipinski definition) is 2. The van der Waals surface area contributed by atoms with Gasteiger partial charge in [-0.05, 0) is 44.9 Å². The second-order valence-electron chi connectivity index (χ2n) is 5.57. The molecule has 0 aromatic heterocycles. The summed E-state index contributed by atoms with van der Waals surface area (Å²) in [6, 6.07) is 0. The second kappa shape index (κ2) is 6.88. The largest absolute Gasteiger partial charge is 0.784 e. The van der Waals surface area contributed by atoms with E-state index >= 15 is 0 Å². The Bertz CT molecular complexity index is 293. The van der Waals surface area contributed by atoms with Crippen LogP contribution in [0.15, 0.2) is 50.6 Å². The molecule has 1 aliphatic rings. The molecular formula is C17H26NO-. The van der Waals surface area contributed by atoms with E-state index in [1.165, 1.54) is 5.06 Å². The van der Waals surface area contributed by atoms with Crippen LogP contribution >= 0.6 is 0 Å². The predicted molar refractivity (Wildman–Crippen MR) is 83.8 cm³/mol. The van der Waals surface area contributed by atoms with Crippen LogP contribution in [0.4, 0.5) is 0 Å². The summed E-state index contributed by atoms with van der Waals surface area (Å²) < 4.78 is 0. The summed E-state index contributed by atoms with van der Waals surface area (Å²) in [6.45, 7) is 15.3. The van der Waals surface area contributed by atoms with Crippen LogP contribution in [-0.4, -0.2) is 16.1 Å². The zero-order chi connectivity index (χ0) is 14.4. The summed E-state index contributed by atoms with van der Waals surface area (Å²) >= 11 is 0. The minimum Gasteiger partial charge on any atom is -0.784 e. The number of hydrogen-bond donors (Lipinski definition) is 0. The maximum Gasteiger partial charge on any atom is 0.0164 e. The lowest BCUT2D eigenvalue weighted by molar-refractivity contribution is -0.0197. The van der Waals surface area contributed by atoms with Crippen LogP contribution in [0.5, 0.6) is 0 Å². The lowest BCUT2D eigenvalue weighted by Crippen LogP contribution is -2.60. The molecule has 1 rings (SSSR count). The van der Waals surface area contributed by atoms with Crippen molar-refractivity contribution >= 4 is 0 Å². The fourth-order valence-corrected chi connectivity index (χ4v) is 3.43. The Labute approximate surface area is 117 Å². The molecule has 0 aromatic carbocycles. The Morgan fingerprint density at radius 2 is 1.11 bits per heavy atom. The van der Waals surface area contributed by atoms with E-state index in [4.69, 9.17) is 0 Å². The van der Waals surface area contributed by atoms with Crippen molar-refractivity contribution in [2.24, 2.45) is 0 Å². The van der Waals surface area contributed by atoms with Gasteiger partial charge in [-0.2, -0.15) is 0 Å². The molecule has 2 heteroatoms. The first-order valence-corrected chi connectivity index (χ1v) is 7.02. The standard InChI is InChI=1S/C17H26NO/c1-5-10-16(11-6-2)14-9-15-17(12-7-3,13-8-4)18(16)19/h5-8H,1-4,9-15H2/q-1. The molecule has 0 saturated carbocycles. The molecule has 0 aromatic rings. The van der Waals surface area contributed by atoms with Crippen LogP contribution in [-0.2, 0) is 0 Å². The molecule has 1 heterocycles. The fourth-order valence-electron chi connectivity index (χ4n) is 3.43. The molecule has 0 atom stereocenters. The summed E-state index contributed by atoms with van der Waals surface area (Å²) in [6.07, 6.45) is 13.1. The first-order chi connectivity index (χ1) is 9.10. The average molecular weight is 260 g/mol. The molecule has 0 N–H and O–H groups in total. The van der Waals surface area contributed by atoms with Crippen molar-refractivity contribution in [2.45, 2.75) is 56.0 Å². The van der Waals surface area contributed by atoms with Gasteiger partial charge in [0.2, 0.25) is 0 Å². The zero-order valence-corrected chi connectivity index (χ0v) is 11.9. The third kappa shape index (κ3) is 3.07. The Morgan fingerprint density at radius 3 is 1.37 bits per heavy atom. The number of nitrogens with zero attached hydrogens (tertiary/aromatic N) is 1. The van der Waals surface area contributed by atoms with Crippen LogP contribution in [0.25, 0.3) is 0 Å². The van der Waals surface area contributed by atoms with E-state index in [-0.39, 0.29) is 11.1 Å². The van der Waals surface area contributed by atoms with Crippen molar-refractivity contribution in [2.75, 3.05) is 0 Å². The average Bonchev–Trinajstić information content (AvgIpc) is 2.37. The molecule has 2 nitrogen and oxygen atoms in total. The molecule has 0 spiro atoms. The maximum atomic E-state index is 13.1. The van der Waals surface area contributed by atoms with Gasteiger partial charge in [0.15, 0.2) is 0 Å². The van der Waals surface area contributed by atoms with Crippen molar-refractivity contribution in [1.29, 1.82) is 0 Å². The van der Waals surface area contributed by atoms with Crippen molar-refractivity contribution in [3.63, 3.8) is 0 Å². The Kier molecular flexibility index (Phi) is 5.77. The van der Waals surface area contributed by atoms with Crippen LogP contribution in [0.3, 0.4) is 0 Å². The van der Waals surface area contributed by atoms with Crippen LogP contribution in [0, 0.1) is 5.21 Å². The Hall–Kier alpha value is -1.12. The van der Waals surface area contributed by atoms with Gasteiger partial charge in [0.25, 0.3) is 0 Å². The molecule has 0 radical (unpaired) electrons. The quantitative estimate of drug-likeness (QED) is 0.589. The van der Waals surface area contributed by atoms with E-state index in [9.17, 15) is 5.21 Å². The third-order valence-electron chi connectivity index (χ3n) is 4.24. The van der Waals surface area contributed by atoms with E-state index in [1.807, 2.05) is 24.3 Å². The van der Waals surface area contributed by atoms with Crippen LogP contribution in [0.1, 0.15) is 44.9 Å². The highest BCUT2D eigenvalue weighted by atomic mass is 16.5. The first kappa shape index (κ1) is 15.9. The molecule has 0 aliphatic carbocycles. The van der Waals surface area contributed by atoms with Gasteiger partial charge in [-0.3, -0.25) is 0 Å². The molecule has 1 aliphatic heterocycles. The zero-order valence-electron chi connectivity index (χ0n) is 11.9. The van der Waals surface area contributed by atoms with E-state index in [2.05, 4.69) is 26.3 Å². The molecule has 1 fully saturated rings. The van der Waals surface area contributed by atoms with Gasteiger partial charge in [0.1, 0.15) is 0 Å². The minimum absolute atomic E-state index is 0.381. The molecule has 106 valence electrons. The highest BCUT2D eigenvalue weighted by molar-refractivity contribution is 5.12. The van der Waals surface area contributed by atoms with E-state index in [0.717, 1.165) is 19.3 Å². The normalized spacial score (nSPS) is 21.5. The summed E-state index contributed by atoms with van der Waals surface area (Å²) in [4.78, 5) is 0. The molecule has 0 bridgehead atoms. The van der Waals surface area contributed by atoms with Crippen molar-refractivity contribution in [1.82, 2.24) is 5.06 Å². The summed E-state index contributed by atoms with van der Waals surface area (Å²) in [7, 11) is 0. The van der Waals surface area contributed by atoms with Gasteiger partial charge in [0.05, 0.1) is 0 Å². The van der Waals surface area contributed by atoms with Gasteiger partial charge in [-0.25, -0.2) is 0 Å².